The smallest absolute Gasteiger partial charge is 0.221 e. The van der Waals surface area contributed by atoms with E-state index in [4.69, 9.17) is 4.74 Å². The van der Waals surface area contributed by atoms with E-state index in [0.29, 0.717) is 18.5 Å². The molecule has 2 atom stereocenters. The van der Waals surface area contributed by atoms with Crippen LogP contribution in [-0.4, -0.2) is 38.3 Å². The summed E-state index contributed by atoms with van der Waals surface area (Å²) in [6.07, 6.45) is 3.22. The van der Waals surface area contributed by atoms with Crippen LogP contribution in [0.2, 0.25) is 0 Å². The number of rotatable bonds is 5. The summed E-state index contributed by atoms with van der Waals surface area (Å²) >= 11 is 0. The van der Waals surface area contributed by atoms with Gasteiger partial charge in [0, 0.05) is 32.2 Å². The van der Waals surface area contributed by atoms with E-state index >= 15 is 0 Å². The van der Waals surface area contributed by atoms with Crippen LogP contribution < -0.4 is 10.6 Å². The highest BCUT2D eigenvalue weighted by atomic mass is 16.5. The van der Waals surface area contributed by atoms with Crippen molar-refractivity contribution in [3.05, 3.63) is 0 Å². The average molecular weight is 198 g/mol. The van der Waals surface area contributed by atoms with Crippen LogP contribution in [0.25, 0.3) is 0 Å². The molecule has 4 heteroatoms. The van der Waals surface area contributed by atoms with Crippen molar-refractivity contribution in [1.82, 2.24) is 10.6 Å². The third-order valence-corrected chi connectivity index (χ3v) is 2.96. The van der Waals surface area contributed by atoms with Gasteiger partial charge in [0.2, 0.25) is 5.91 Å². The molecule has 0 bridgehead atoms. The third kappa shape index (κ3) is 2.45. The fourth-order valence-electron chi connectivity index (χ4n) is 2.02. The summed E-state index contributed by atoms with van der Waals surface area (Å²) < 4.78 is 5.17. The average Bonchev–Trinajstić information content (AvgIpc) is 2.91. The highest BCUT2D eigenvalue weighted by molar-refractivity contribution is 5.78. The molecule has 0 aromatic rings. The number of ether oxygens (including phenoxy) is 1. The first-order valence-corrected chi connectivity index (χ1v) is 5.31. The maximum absolute atomic E-state index is 11.0. The molecule has 2 fully saturated rings. The second-order valence-electron chi connectivity index (χ2n) is 4.27. The maximum atomic E-state index is 11.0. The van der Waals surface area contributed by atoms with Gasteiger partial charge >= 0.3 is 0 Å². The molecular formula is C10H18N2O2. The Kier molecular flexibility index (Phi) is 3.03. The molecule has 1 amide bonds. The SMILES string of the molecule is COCC(NC1CNC(=O)C1)C1CC1. The number of hydrogen-bond acceptors (Lipinski definition) is 3. The summed E-state index contributed by atoms with van der Waals surface area (Å²) in [6.45, 7) is 1.53. The van der Waals surface area contributed by atoms with Gasteiger partial charge in [0.15, 0.2) is 0 Å². The van der Waals surface area contributed by atoms with E-state index in [1.54, 1.807) is 7.11 Å². The normalized spacial score (nSPS) is 28.9. The van der Waals surface area contributed by atoms with Gasteiger partial charge in [0.25, 0.3) is 0 Å². The molecule has 0 aromatic heterocycles. The maximum Gasteiger partial charge on any atom is 0.221 e. The van der Waals surface area contributed by atoms with E-state index in [0.717, 1.165) is 19.1 Å². The number of carbonyl (C=O) groups is 1. The Hall–Kier alpha value is -0.610. The van der Waals surface area contributed by atoms with Crippen molar-refractivity contribution in [2.75, 3.05) is 20.3 Å². The summed E-state index contributed by atoms with van der Waals surface area (Å²) in [4.78, 5) is 11.0. The van der Waals surface area contributed by atoms with Crippen LogP contribution in [0, 0.1) is 5.92 Å². The fourth-order valence-corrected chi connectivity index (χ4v) is 2.02. The van der Waals surface area contributed by atoms with E-state index in [1.807, 2.05) is 0 Å². The zero-order valence-corrected chi connectivity index (χ0v) is 8.58. The lowest BCUT2D eigenvalue weighted by atomic mass is 10.1. The molecular weight excluding hydrogens is 180 g/mol. The highest BCUT2D eigenvalue weighted by Crippen LogP contribution is 2.33. The van der Waals surface area contributed by atoms with Crippen LogP contribution in [-0.2, 0) is 9.53 Å². The van der Waals surface area contributed by atoms with Crippen molar-refractivity contribution in [3.8, 4) is 0 Å². The minimum absolute atomic E-state index is 0.162. The van der Waals surface area contributed by atoms with E-state index in [1.165, 1.54) is 12.8 Å². The highest BCUT2D eigenvalue weighted by Gasteiger charge is 2.34. The van der Waals surface area contributed by atoms with Gasteiger partial charge in [-0.15, -0.1) is 0 Å². The van der Waals surface area contributed by atoms with Crippen molar-refractivity contribution < 1.29 is 9.53 Å². The fraction of sp³-hybridized carbons (Fsp3) is 0.900. The Morgan fingerprint density at radius 1 is 1.64 bits per heavy atom. The number of amides is 1. The van der Waals surface area contributed by atoms with Crippen LogP contribution in [0.3, 0.4) is 0 Å². The quantitative estimate of drug-likeness (QED) is 0.648. The van der Waals surface area contributed by atoms with Crippen molar-refractivity contribution >= 4 is 5.91 Å². The predicted octanol–water partition coefficient (Wildman–Crippen LogP) is -0.111. The Balaban J connectivity index is 1.78. The molecule has 14 heavy (non-hydrogen) atoms. The van der Waals surface area contributed by atoms with Gasteiger partial charge in [-0.2, -0.15) is 0 Å². The molecule has 80 valence electrons. The molecule has 1 saturated carbocycles. The van der Waals surface area contributed by atoms with Crippen molar-refractivity contribution in [2.45, 2.75) is 31.3 Å². The third-order valence-electron chi connectivity index (χ3n) is 2.96. The van der Waals surface area contributed by atoms with E-state index < -0.39 is 0 Å². The molecule has 1 saturated heterocycles. The van der Waals surface area contributed by atoms with Crippen molar-refractivity contribution in [2.24, 2.45) is 5.92 Å². The topological polar surface area (TPSA) is 50.4 Å². The van der Waals surface area contributed by atoms with Crippen LogP contribution in [0.15, 0.2) is 0 Å². The lowest BCUT2D eigenvalue weighted by Crippen LogP contribution is -2.43. The Morgan fingerprint density at radius 2 is 2.43 bits per heavy atom. The monoisotopic (exact) mass is 198 g/mol. The minimum atomic E-state index is 0.162. The molecule has 2 aliphatic rings. The molecule has 0 aromatic carbocycles. The Morgan fingerprint density at radius 3 is 2.93 bits per heavy atom. The van der Waals surface area contributed by atoms with Gasteiger partial charge in [-0.3, -0.25) is 4.79 Å². The zero-order chi connectivity index (χ0) is 9.97. The van der Waals surface area contributed by atoms with Gasteiger partial charge in [0.05, 0.1) is 6.61 Å². The molecule has 1 aliphatic heterocycles. The Labute approximate surface area is 84.4 Å². The lowest BCUT2D eigenvalue weighted by molar-refractivity contribution is -0.119. The standard InChI is InChI=1S/C10H18N2O2/c1-14-6-9(7-2-3-7)12-8-4-10(13)11-5-8/h7-9,12H,2-6H2,1H3,(H,11,13). The summed E-state index contributed by atoms with van der Waals surface area (Å²) in [5.74, 6) is 0.931. The number of nitrogens with one attached hydrogen (secondary N) is 2. The number of methoxy groups -OCH3 is 1. The van der Waals surface area contributed by atoms with Crippen molar-refractivity contribution in [3.63, 3.8) is 0 Å². The van der Waals surface area contributed by atoms with Crippen LogP contribution in [0.4, 0.5) is 0 Å². The van der Waals surface area contributed by atoms with Crippen molar-refractivity contribution in [1.29, 1.82) is 0 Å². The van der Waals surface area contributed by atoms with Gasteiger partial charge in [-0.1, -0.05) is 0 Å². The largest absolute Gasteiger partial charge is 0.383 e. The second-order valence-corrected chi connectivity index (χ2v) is 4.27. The first-order valence-electron chi connectivity index (χ1n) is 5.31. The summed E-state index contributed by atoms with van der Waals surface area (Å²) in [7, 11) is 1.73. The zero-order valence-electron chi connectivity index (χ0n) is 8.58. The predicted molar refractivity (Wildman–Crippen MR) is 52.9 cm³/mol. The molecule has 4 nitrogen and oxygen atoms in total. The lowest BCUT2D eigenvalue weighted by Gasteiger charge is -2.20. The van der Waals surface area contributed by atoms with Gasteiger partial charge < -0.3 is 15.4 Å². The second kappa shape index (κ2) is 4.28. The Bertz CT molecular complexity index is 216. The van der Waals surface area contributed by atoms with E-state index in [-0.39, 0.29) is 5.91 Å². The molecule has 2 rings (SSSR count). The molecule has 1 heterocycles. The van der Waals surface area contributed by atoms with Gasteiger partial charge in [-0.05, 0) is 18.8 Å². The molecule has 0 spiro atoms. The van der Waals surface area contributed by atoms with Gasteiger partial charge in [0.1, 0.15) is 0 Å². The van der Waals surface area contributed by atoms with Crippen LogP contribution in [0.5, 0.6) is 0 Å². The van der Waals surface area contributed by atoms with E-state index in [2.05, 4.69) is 10.6 Å². The number of carbonyl (C=O) groups excluding carboxylic acids is 1. The molecule has 2 unspecified atom stereocenters. The first-order chi connectivity index (χ1) is 6.79. The molecule has 1 aliphatic carbocycles. The number of hydrogen-bond donors (Lipinski definition) is 2. The molecule has 2 N–H and O–H groups in total. The van der Waals surface area contributed by atoms with Crippen LogP contribution >= 0.6 is 0 Å². The molecule has 0 radical (unpaired) electrons. The van der Waals surface area contributed by atoms with E-state index in [9.17, 15) is 4.79 Å². The first kappa shape index (κ1) is 9.93. The van der Waals surface area contributed by atoms with Crippen LogP contribution in [0.1, 0.15) is 19.3 Å². The minimum Gasteiger partial charge on any atom is -0.383 e. The summed E-state index contributed by atoms with van der Waals surface area (Å²) in [6, 6.07) is 0.751. The summed E-state index contributed by atoms with van der Waals surface area (Å²) in [5, 5.41) is 6.34. The van der Waals surface area contributed by atoms with Gasteiger partial charge in [-0.25, -0.2) is 0 Å². The summed E-state index contributed by atoms with van der Waals surface area (Å²) in [5.41, 5.74) is 0.